The van der Waals surface area contributed by atoms with E-state index in [9.17, 15) is 4.79 Å². The largest absolute Gasteiger partial charge is 0.394 e. The Morgan fingerprint density at radius 2 is 2.16 bits per heavy atom. The summed E-state index contributed by atoms with van der Waals surface area (Å²) in [6, 6.07) is 0. The normalized spacial score (nSPS) is 13.4. The molecule has 6 heteroatoms. The number of anilines is 1. The van der Waals surface area contributed by atoms with Crippen molar-refractivity contribution in [2.24, 2.45) is 11.3 Å². The van der Waals surface area contributed by atoms with Crippen molar-refractivity contribution >= 4 is 17.3 Å². The summed E-state index contributed by atoms with van der Waals surface area (Å²) < 4.78 is 1.15. The molecule has 0 spiro atoms. The lowest BCUT2D eigenvalue weighted by molar-refractivity contribution is 0.266. The lowest BCUT2D eigenvalue weighted by Crippen LogP contribution is -2.28. The molecule has 1 heterocycles. The summed E-state index contributed by atoms with van der Waals surface area (Å²) in [6.45, 7) is 9.36. The van der Waals surface area contributed by atoms with E-state index in [1.807, 2.05) is 0 Å². The first-order chi connectivity index (χ1) is 8.77. The van der Waals surface area contributed by atoms with Crippen LogP contribution in [-0.4, -0.2) is 28.0 Å². The Kier molecular flexibility index (Phi) is 5.38. The third-order valence-electron chi connectivity index (χ3n) is 3.37. The molecular weight excluding hydrogens is 266 g/mol. The Hall–Kier alpha value is -1.07. The second-order valence-electron chi connectivity index (χ2n) is 5.77. The minimum atomic E-state index is -0.385. The number of rotatable bonds is 5. The molecule has 0 radical (unpaired) electrons. The van der Waals surface area contributed by atoms with Crippen LogP contribution in [-0.2, 0) is 6.54 Å². The van der Waals surface area contributed by atoms with Crippen molar-refractivity contribution in [1.29, 1.82) is 0 Å². The average molecular weight is 288 g/mol. The van der Waals surface area contributed by atoms with Gasteiger partial charge in [-0.05, 0) is 11.3 Å². The van der Waals surface area contributed by atoms with Crippen LogP contribution in [0.5, 0.6) is 0 Å². The number of hydrogen-bond donors (Lipinski definition) is 2. The maximum atomic E-state index is 11.8. The third-order valence-corrected chi connectivity index (χ3v) is 3.74. The van der Waals surface area contributed by atoms with Gasteiger partial charge < -0.3 is 10.4 Å². The zero-order valence-corrected chi connectivity index (χ0v) is 12.7. The highest BCUT2D eigenvalue weighted by atomic mass is 35.5. The predicted octanol–water partition coefficient (Wildman–Crippen LogP) is 1.98. The molecule has 108 valence electrons. The quantitative estimate of drug-likeness (QED) is 0.869. The van der Waals surface area contributed by atoms with Gasteiger partial charge in [0.1, 0.15) is 5.02 Å². The Labute approximate surface area is 118 Å². The molecule has 1 unspecified atom stereocenters. The van der Waals surface area contributed by atoms with Gasteiger partial charge in [-0.2, -0.15) is 5.10 Å². The summed E-state index contributed by atoms with van der Waals surface area (Å²) in [4.78, 5) is 11.8. The van der Waals surface area contributed by atoms with Crippen molar-refractivity contribution in [2.45, 2.75) is 34.2 Å². The molecule has 0 fully saturated rings. The zero-order valence-electron chi connectivity index (χ0n) is 11.9. The van der Waals surface area contributed by atoms with Gasteiger partial charge in [0.25, 0.3) is 5.56 Å². The zero-order chi connectivity index (χ0) is 14.6. The van der Waals surface area contributed by atoms with Gasteiger partial charge in [0, 0.05) is 6.54 Å². The van der Waals surface area contributed by atoms with Crippen molar-refractivity contribution in [2.75, 3.05) is 18.5 Å². The first-order valence-electron chi connectivity index (χ1n) is 6.37. The van der Waals surface area contributed by atoms with E-state index >= 15 is 0 Å². The van der Waals surface area contributed by atoms with E-state index < -0.39 is 0 Å². The molecule has 0 bridgehead atoms. The number of nitrogens with one attached hydrogen (secondary N) is 1. The van der Waals surface area contributed by atoms with Crippen molar-refractivity contribution in [3.63, 3.8) is 0 Å². The van der Waals surface area contributed by atoms with Gasteiger partial charge >= 0.3 is 0 Å². The molecule has 0 saturated carbocycles. The van der Waals surface area contributed by atoms with Crippen LogP contribution in [0.3, 0.4) is 0 Å². The average Bonchev–Trinajstić information content (AvgIpc) is 2.32. The number of aromatic nitrogens is 2. The van der Waals surface area contributed by atoms with Gasteiger partial charge in [0.15, 0.2) is 0 Å². The Morgan fingerprint density at radius 1 is 1.53 bits per heavy atom. The van der Waals surface area contributed by atoms with Gasteiger partial charge in [0.05, 0.1) is 25.0 Å². The molecule has 1 rings (SSSR count). The number of hydrogen-bond acceptors (Lipinski definition) is 4. The van der Waals surface area contributed by atoms with Crippen LogP contribution in [0.15, 0.2) is 11.0 Å². The molecule has 0 aliphatic heterocycles. The van der Waals surface area contributed by atoms with E-state index in [0.29, 0.717) is 18.2 Å². The highest BCUT2D eigenvalue weighted by Gasteiger charge is 2.20. The third kappa shape index (κ3) is 4.21. The van der Waals surface area contributed by atoms with Gasteiger partial charge in [-0.1, -0.05) is 39.3 Å². The molecule has 2 N–H and O–H groups in total. The number of aliphatic hydroxyl groups excluding tert-OH is 1. The SMILES string of the molecule is CC(CNc1cnn(CCO)c(=O)c1Cl)C(C)(C)C. The van der Waals surface area contributed by atoms with Crippen molar-refractivity contribution in [1.82, 2.24) is 9.78 Å². The van der Waals surface area contributed by atoms with Crippen LogP contribution in [0.1, 0.15) is 27.7 Å². The smallest absolute Gasteiger partial charge is 0.287 e. The van der Waals surface area contributed by atoms with Gasteiger partial charge in [-0.25, -0.2) is 4.68 Å². The lowest BCUT2D eigenvalue weighted by atomic mass is 9.82. The van der Waals surface area contributed by atoms with E-state index in [-0.39, 0.29) is 29.1 Å². The van der Waals surface area contributed by atoms with E-state index in [4.69, 9.17) is 16.7 Å². The number of aliphatic hydroxyl groups is 1. The minimum absolute atomic E-state index is 0.115. The van der Waals surface area contributed by atoms with Crippen LogP contribution < -0.4 is 10.9 Å². The lowest BCUT2D eigenvalue weighted by Gasteiger charge is -2.27. The molecule has 0 saturated heterocycles. The first-order valence-corrected chi connectivity index (χ1v) is 6.75. The van der Waals surface area contributed by atoms with Gasteiger partial charge in [0.2, 0.25) is 0 Å². The molecule has 1 atom stereocenters. The summed E-state index contributed by atoms with van der Waals surface area (Å²) in [6.07, 6.45) is 1.52. The number of nitrogens with zero attached hydrogens (tertiary/aromatic N) is 2. The van der Waals surface area contributed by atoms with Gasteiger partial charge in [-0.3, -0.25) is 4.79 Å². The molecule has 0 aliphatic carbocycles. The van der Waals surface area contributed by atoms with Crippen LogP contribution in [0, 0.1) is 11.3 Å². The Bertz CT molecular complexity index is 480. The van der Waals surface area contributed by atoms with Crippen LogP contribution >= 0.6 is 11.6 Å². The van der Waals surface area contributed by atoms with Crippen LogP contribution in [0.4, 0.5) is 5.69 Å². The Morgan fingerprint density at radius 3 is 2.68 bits per heavy atom. The summed E-state index contributed by atoms with van der Waals surface area (Å²) in [7, 11) is 0. The standard InChI is InChI=1S/C13H22ClN3O2/c1-9(13(2,3)4)7-15-10-8-16-17(5-6-18)12(19)11(10)14/h8-9,15,18H,5-7H2,1-4H3. The second-order valence-corrected chi connectivity index (χ2v) is 6.15. The van der Waals surface area contributed by atoms with E-state index in [1.54, 1.807) is 0 Å². The molecule has 5 nitrogen and oxygen atoms in total. The molecule has 0 aliphatic rings. The predicted molar refractivity (Wildman–Crippen MR) is 77.7 cm³/mol. The second kappa shape index (κ2) is 6.39. The number of halogens is 1. The van der Waals surface area contributed by atoms with Crippen molar-refractivity contribution < 1.29 is 5.11 Å². The molecular formula is C13H22ClN3O2. The maximum absolute atomic E-state index is 11.8. The molecule has 19 heavy (non-hydrogen) atoms. The fourth-order valence-electron chi connectivity index (χ4n) is 1.41. The summed E-state index contributed by atoms with van der Waals surface area (Å²) in [5.41, 5.74) is 0.333. The highest BCUT2D eigenvalue weighted by molar-refractivity contribution is 6.32. The first kappa shape index (κ1) is 16.0. The monoisotopic (exact) mass is 287 g/mol. The molecule has 1 aromatic rings. The maximum Gasteiger partial charge on any atom is 0.287 e. The Balaban J connectivity index is 2.81. The fraction of sp³-hybridized carbons (Fsp3) is 0.692. The van der Waals surface area contributed by atoms with Crippen molar-refractivity contribution in [3.05, 3.63) is 21.6 Å². The van der Waals surface area contributed by atoms with E-state index in [2.05, 4.69) is 38.1 Å². The minimum Gasteiger partial charge on any atom is -0.394 e. The van der Waals surface area contributed by atoms with Crippen LogP contribution in [0.25, 0.3) is 0 Å². The topological polar surface area (TPSA) is 67.2 Å². The molecule has 0 amide bonds. The summed E-state index contributed by atoms with van der Waals surface area (Å²) >= 11 is 6.01. The molecule has 0 aromatic carbocycles. The summed E-state index contributed by atoms with van der Waals surface area (Å²) in [5.74, 6) is 0.420. The van der Waals surface area contributed by atoms with E-state index in [1.165, 1.54) is 6.20 Å². The van der Waals surface area contributed by atoms with Crippen molar-refractivity contribution in [3.8, 4) is 0 Å². The molecule has 1 aromatic heterocycles. The highest BCUT2D eigenvalue weighted by Crippen LogP contribution is 2.26. The fourth-order valence-corrected chi connectivity index (χ4v) is 1.62. The van der Waals surface area contributed by atoms with Crippen LogP contribution in [0.2, 0.25) is 5.02 Å². The van der Waals surface area contributed by atoms with E-state index in [0.717, 1.165) is 4.68 Å². The summed E-state index contributed by atoms with van der Waals surface area (Å²) in [5, 5.41) is 16.1. The van der Waals surface area contributed by atoms with Gasteiger partial charge in [-0.15, -0.1) is 0 Å².